The van der Waals surface area contributed by atoms with Crippen molar-refractivity contribution in [1.82, 2.24) is 14.3 Å². The maximum atomic E-state index is 12.0. The first-order valence-corrected chi connectivity index (χ1v) is 7.74. The summed E-state index contributed by atoms with van der Waals surface area (Å²) < 4.78 is 8.69. The first-order valence-electron chi connectivity index (χ1n) is 7.74. The van der Waals surface area contributed by atoms with Crippen LogP contribution in [-0.2, 0) is 6.54 Å². The van der Waals surface area contributed by atoms with Crippen LogP contribution in [0.2, 0.25) is 0 Å². The minimum atomic E-state index is -0.335. The van der Waals surface area contributed by atoms with Crippen LogP contribution in [0, 0.1) is 0 Å². The standard InChI is InChI=1S/C18H16N4O2/c23-18-21(16-8-3-4-9-17(16)24-18)13-11-19-14-6-1-2-7-15(14)22-12-5-10-20-22/h1-10,12,19H,11,13H2. The van der Waals surface area contributed by atoms with E-state index in [4.69, 9.17) is 4.42 Å². The number of nitrogens with one attached hydrogen (secondary N) is 1. The Hall–Kier alpha value is -3.28. The Kier molecular flexibility index (Phi) is 3.63. The van der Waals surface area contributed by atoms with E-state index in [9.17, 15) is 4.79 Å². The lowest BCUT2D eigenvalue weighted by molar-refractivity contribution is 0.510. The summed E-state index contributed by atoms with van der Waals surface area (Å²) in [5, 5.41) is 7.64. The lowest BCUT2D eigenvalue weighted by Gasteiger charge is -2.12. The summed E-state index contributed by atoms with van der Waals surface area (Å²) in [6, 6.07) is 17.2. The molecular formula is C18H16N4O2. The lowest BCUT2D eigenvalue weighted by atomic mass is 10.2. The van der Waals surface area contributed by atoms with Gasteiger partial charge in [-0.1, -0.05) is 24.3 Å². The molecule has 0 atom stereocenters. The second-order valence-electron chi connectivity index (χ2n) is 5.38. The zero-order chi connectivity index (χ0) is 16.4. The monoisotopic (exact) mass is 320 g/mol. The van der Waals surface area contributed by atoms with Gasteiger partial charge in [-0.15, -0.1) is 0 Å². The predicted octanol–water partition coefficient (Wildman–Crippen LogP) is 2.89. The molecule has 0 unspecified atom stereocenters. The van der Waals surface area contributed by atoms with Gasteiger partial charge in [0.15, 0.2) is 5.58 Å². The van der Waals surface area contributed by atoms with E-state index in [1.165, 1.54) is 0 Å². The van der Waals surface area contributed by atoms with Gasteiger partial charge in [0.25, 0.3) is 0 Å². The van der Waals surface area contributed by atoms with Gasteiger partial charge >= 0.3 is 5.76 Å². The zero-order valence-corrected chi connectivity index (χ0v) is 12.9. The average Bonchev–Trinajstić information content (AvgIpc) is 3.24. The topological polar surface area (TPSA) is 65.0 Å². The summed E-state index contributed by atoms with van der Waals surface area (Å²) in [7, 11) is 0. The molecule has 2 heterocycles. The van der Waals surface area contributed by atoms with Gasteiger partial charge in [-0.2, -0.15) is 5.10 Å². The fourth-order valence-corrected chi connectivity index (χ4v) is 2.76. The van der Waals surface area contributed by atoms with Crippen molar-refractivity contribution in [1.29, 1.82) is 0 Å². The number of aromatic nitrogens is 3. The van der Waals surface area contributed by atoms with E-state index in [0.29, 0.717) is 18.7 Å². The third-order valence-corrected chi connectivity index (χ3v) is 3.88. The van der Waals surface area contributed by atoms with E-state index in [1.54, 1.807) is 16.8 Å². The van der Waals surface area contributed by atoms with E-state index < -0.39 is 0 Å². The molecule has 0 aliphatic carbocycles. The molecule has 0 fully saturated rings. The van der Waals surface area contributed by atoms with Crippen molar-refractivity contribution in [2.45, 2.75) is 6.54 Å². The quantitative estimate of drug-likeness (QED) is 0.614. The SMILES string of the molecule is O=c1oc2ccccc2n1CCNc1ccccc1-n1cccn1. The molecule has 6 heteroatoms. The van der Waals surface area contributed by atoms with E-state index >= 15 is 0 Å². The molecule has 120 valence electrons. The third-order valence-electron chi connectivity index (χ3n) is 3.88. The number of oxazole rings is 1. The van der Waals surface area contributed by atoms with Gasteiger partial charge < -0.3 is 9.73 Å². The summed E-state index contributed by atoms with van der Waals surface area (Å²) >= 11 is 0. The molecule has 6 nitrogen and oxygen atoms in total. The van der Waals surface area contributed by atoms with Gasteiger partial charge in [-0.05, 0) is 30.3 Å². The minimum absolute atomic E-state index is 0.335. The predicted molar refractivity (Wildman–Crippen MR) is 92.5 cm³/mol. The van der Waals surface area contributed by atoms with Gasteiger partial charge in [0.1, 0.15) is 0 Å². The van der Waals surface area contributed by atoms with Crippen LogP contribution >= 0.6 is 0 Å². The van der Waals surface area contributed by atoms with Crippen molar-refractivity contribution < 1.29 is 4.42 Å². The number of rotatable bonds is 5. The van der Waals surface area contributed by atoms with Crippen LogP contribution in [0.25, 0.3) is 16.8 Å². The van der Waals surface area contributed by atoms with Gasteiger partial charge in [0, 0.05) is 25.5 Å². The fraction of sp³-hybridized carbons (Fsp3) is 0.111. The highest BCUT2D eigenvalue weighted by molar-refractivity contribution is 5.72. The Morgan fingerprint density at radius 3 is 2.75 bits per heavy atom. The van der Waals surface area contributed by atoms with Crippen molar-refractivity contribution in [3.63, 3.8) is 0 Å². The summed E-state index contributed by atoms with van der Waals surface area (Å²) in [6.07, 6.45) is 3.64. The largest absolute Gasteiger partial charge is 0.420 e. The molecule has 2 aromatic carbocycles. The van der Waals surface area contributed by atoms with Crippen LogP contribution in [0.4, 0.5) is 5.69 Å². The number of hydrogen-bond acceptors (Lipinski definition) is 4. The van der Waals surface area contributed by atoms with Crippen LogP contribution in [-0.4, -0.2) is 20.9 Å². The van der Waals surface area contributed by atoms with Crippen molar-refractivity contribution >= 4 is 16.8 Å². The number of nitrogens with zero attached hydrogens (tertiary/aromatic N) is 3. The van der Waals surface area contributed by atoms with Crippen LogP contribution in [0.1, 0.15) is 0 Å². The smallest absolute Gasteiger partial charge is 0.408 e. The maximum absolute atomic E-state index is 12.0. The molecule has 4 rings (SSSR count). The summed E-state index contributed by atoms with van der Waals surface area (Å²) in [4.78, 5) is 12.0. The molecule has 0 amide bonds. The Morgan fingerprint density at radius 2 is 1.88 bits per heavy atom. The molecule has 2 aromatic heterocycles. The molecular weight excluding hydrogens is 304 g/mol. The van der Waals surface area contributed by atoms with Gasteiger partial charge in [-0.25, -0.2) is 9.48 Å². The molecule has 0 radical (unpaired) electrons. The average molecular weight is 320 g/mol. The summed E-state index contributed by atoms with van der Waals surface area (Å²) in [6.45, 7) is 1.12. The Bertz CT molecular complexity index is 1010. The number of fused-ring (bicyclic) bond motifs is 1. The van der Waals surface area contributed by atoms with Crippen LogP contribution in [0.15, 0.2) is 76.2 Å². The number of hydrogen-bond donors (Lipinski definition) is 1. The fourth-order valence-electron chi connectivity index (χ4n) is 2.76. The second-order valence-corrected chi connectivity index (χ2v) is 5.38. The number of benzene rings is 2. The van der Waals surface area contributed by atoms with Crippen molar-refractivity contribution in [3.8, 4) is 5.69 Å². The third kappa shape index (κ3) is 2.58. The van der Waals surface area contributed by atoms with Gasteiger partial charge in [0.2, 0.25) is 0 Å². The minimum Gasteiger partial charge on any atom is -0.408 e. The highest BCUT2D eigenvalue weighted by atomic mass is 16.4. The lowest BCUT2D eigenvalue weighted by Crippen LogP contribution is -2.20. The molecule has 24 heavy (non-hydrogen) atoms. The van der Waals surface area contributed by atoms with Crippen LogP contribution in [0.5, 0.6) is 0 Å². The first-order chi connectivity index (χ1) is 11.8. The molecule has 0 aliphatic rings. The summed E-state index contributed by atoms with van der Waals surface area (Å²) in [5.41, 5.74) is 3.35. The Balaban J connectivity index is 1.54. The second kappa shape index (κ2) is 6.08. The number of anilines is 1. The normalized spacial score (nSPS) is 11.0. The molecule has 0 spiro atoms. The highest BCUT2D eigenvalue weighted by Crippen LogP contribution is 2.19. The highest BCUT2D eigenvalue weighted by Gasteiger charge is 2.08. The molecule has 0 aliphatic heterocycles. The van der Waals surface area contributed by atoms with E-state index in [2.05, 4.69) is 10.4 Å². The van der Waals surface area contributed by atoms with Crippen molar-refractivity contribution in [2.75, 3.05) is 11.9 Å². The Morgan fingerprint density at radius 1 is 1.04 bits per heavy atom. The van der Waals surface area contributed by atoms with E-state index in [-0.39, 0.29) is 5.76 Å². The molecule has 1 N–H and O–H groups in total. The molecule has 0 saturated carbocycles. The Labute approximate surface area is 137 Å². The molecule has 4 aromatic rings. The van der Waals surface area contributed by atoms with Crippen molar-refractivity contribution in [3.05, 3.63) is 77.5 Å². The molecule has 0 bridgehead atoms. The summed E-state index contributed by atoms with van der Waals surface area (Å²) in [5.74, 6) is -0.335. The zero-order valence-electron chi connectivity index (χ0n) is 12.9. The van der Waals surface area contributed by atoms with Gasteiger partial charge in [-0.3, -0.25) is 4.57 Å². The maximum Gasteiger partial charge on any atom is 0.420 e. The van der Waals surface area contributed by atoms with E-state index in [1.807, 2.05) is 59.4 Å². The van der Waals surface area contributed by atoms with Crippen molar-refractivity contribution in [2.24, 2.45) is 0 Å². The van der Waals surface area contributed by atoms with Gasteiger partial charge in [0.05, 0.1) is 16.9 Å². The molecule has 0 saturated heterocycles. The van der Waals surface area contributed by atoms with Crippen LogP contribution in [0.3, 0.4) is 0 Å². The number of para-hydroxylation sites is 4. The first kappa shape index (κ1) is 14.3. The van der Waals surface area contributed by atoms with Crippen LogP contribution < -0.4 is 11.1 Å². The van der Waals surface area contributed by atoms with E-state index in [0.717, 1.165) is 16.9 Å².